The van der Waals surface area contributed by atoms with E-state index in [0.717, 1.165) is 13.0 Å². The van der Waals surface area contributed by atoms with Crippen LogP contribution in [0.5, 0.6) is 0 Å². The van der Waals surface area contributed by atoms with E-state index >= 15 is 0 Å². The maximum absolute atomic E-state index is 11.6. The summed E-state index contributed by atoms with van der Waals surface area (Å²) in [7, 11) is 0. The average Bonchev–Trinajstić information content (AvgIpc) is 2.49. The summed E-state index contributed by atoms with van der Waals surface area (Å²) in [5.41, 5.74) is 2.83. The van der Waals surface area contributed by atoms with Crippen molar-refractivity contribution < 1.29 is 9.53 Å². The Labute approximate surface area is 131 Å². The molecule has 0 saturated carbocycles. The fraction of sp³-hybridized carbons (Fsp3) is 0.588. The fourth-order valence-electron chi connectivity index (χ4n) is 3.06. The van der Waals surface area contributed by atoms with E-state index in [1.807, 2.05) is 6.92 Å². The molecule has 4 heteroatoms. The van der Waals surface area contributed by atoms with Crippen molar-refractivity contribution in [1.29, 1.82) is 0 Å². The molecule has 0 aromatic heterocycles. The minimum atomic E-state index is -0.107. The quantitative estimate of drug-likeness (QED) is 0.816. The first kappa shape index (κ1) is 16.4. The third kappa shape index (κ3) is 4.01. The van der Waals surface area contributed by atoms with Gasteiger partial charge in [0.25, 0.3) is 0 Å². The highest BCUT2D eigenvalue weighted by molar-refractivity contribution is 8.00. The molecule has 0 bridgehead atoms. The lowest BCUT2D eigenvalue weighted by Gasteiger charge is -2.37. The van der Waals surface area contributed by atoms with E-state index in [-0.39, 0.29) is 5.97 Å². The molecule has 3 atom stereocenters. The zero-order valence-corrected chi connectivity index (χ0v) is 13.9. The zero-order valence-electron chi connectivity index (χ0n) is 13.1. The predicted octanol–water partition coefficient (Wildman–Crippen LogP) is 3.51. The number of thioether (sulfide) groups is 1. The number of esters is 1. The molecule has 1 aliphatic rings. The Morgan fingerprint density at radius 3 is 2.71 bits per heavy atom. The third-order valence-corrected chi connectivity index (χ3v) is 5.26. The predicted molar refractivity (Wildman–Crippen MR) is 88.8 cm³/mol. The minimum Gasteiger partial charge on any atom is -0.465 e. The standard InChI is InChI=1S/C17H25NO2S/c1-4-18-17-14-9-7-6-8-13(14)12(3)10-15(17)21-11-16(19)20-5-2/h6-9,12,15,17-18H,4-5,10-11H2,1-3H3. The van der Waals surface area contributed by atoms with E-state index in [1.54, 1.807) is 11.8 Å². The second-order valence-corrected chi connectivity index (χ2v) is 6.68. The van der Waals surface area contributed by atoms with Crippen molar-refractivity contribution in [1.82, 2.24) is 5.32 Å². The Kier molecular flexibility index (Phi) is 6.12. The molecule has 1 aromatic rings. The number of hydrogen-bond acceptors (Lipinski definition) is 4. The Balaban J connectivity index is 2.12. The number of hydrogen-bond donors (Lipinski definition) is 1. The summed E-state index contributed by atoms with van der Waals surface area (Å²) < 4.78 is 5.04. The fourth-order valence-corrected chi connectivity index (χ4v) is 4.35. The Bertz CT molecular complexity index is 478. The van der Waals surface area contributed by atoms with E-state index in [1.165, 1.54) is 11.1 Å². The molecule has 1 N–H and O–H groups in total. The number of carbonyl (C=O) groups is 1. The van der Waals surface area contributed by atoms with Gasteiger partial charge in [-0.05, 0) is 36.9 Å². The summed E-state index contributed by atoms with van der Waals surface area (Å²) in [5, 5.41) is 4.01. The Morgan fingerprint density at radius 1 is 1.33 bits per heavy atom. The number of carbonyl (C=O) groups excluding carboxylic acids is 1. The molecule has 1 aliphatic carbocycles. The lowest BCUT2D eigenvalue weighted by molar-refractivity contribution is -0.139. The van der Waals surface area contributed by atoms with Crippen LogP contribution < -0.4 is 5.32 Å². The maximum atomic E-state index is 11.6. The second-order valence-electron chi connectivity index (χ2n) is 5.46. The lowest BCUT2D eigenvalue weighted by atomic mass is 9.80. The molecule has 116 valence electrons. The SMILES string of the molecule is CCNC1c2ccccc2C(C)CC1SCC(=O)OCC. The third-order valence-electron chi connectivity index (χ3n) is 3.96. The molecular formula is C17H25NO2S. The molecule has 0 fully saturated rings. The largest absolute Gasteiger partial charge is 0.465 e. The van der Waals surface area contributed by atoms with E-state index in [0.29, 0.717) is 29.6 Å². The van der Waals surface area contributed by atoms with E-state index < -0.39 is 0 Å². The van der Waals surface area contributed by atoms with Crippen LogP contribution in [0.2, 0.25) is 0 Å². The smallest absolute Gasteiger partial charge is 0.315 e. The maximum Gasteiger partial charge on any atom is 0.315 e. The molecule has 21 heavy (non-hydrogen) atoms. The normalized spacial score (nSPS) is 24.4. The molecular weight excluding hydrogens is 282 g/mol. The van der Waals surface area contributed by atoms with Gasteiger partial charge in [-0.3, -0.25) is 4.79 Å². The lowest BCUT2D eigenvalue weighted by Crippen LogP contribution is -2.36. The van der Waals surface area contributed by atoms with E-state index in [9.17, 15) is 4.79 Å². The van der Waals surface area contributed by atoms with Gasteiger partial charge in [0.05, 0.1) is 12.4 Å². The molecule has 0 heterocycles. The van der Waals surface area contributed by atoms with Gasteiger partial charge >= 0.3 is 5.97 Å². The first-order valence-electron chi connectivity index (χ1n) is 7.76. The van der Waals surface area contributed by atoms with Crippen molar-refractivity contribution in [3.8, 4) is 0 Å². The van der Waals surface area contributed by atoms with Gasteiger partial charge < -0.3 is 10.1 Å². The monoisotopic (exact) mass is 307 g/mol. The number of benzene rings is 1. The zero-order chi connectivity index (χ0) is 15.2. The van der Waals surface area contributed by atoms with Crippen molar-refractivity contribution in [2.75, 3.05) is 18.9 Å². The van der Waals surface area contributed by atoms with Gasteiger partial charge in [0.1, 0.15) is 0 Å². The van der Waals surface area contributed by atoms with Crippen LogP contribution in [0.15, 0.2) is 24.3 Å². The number of ether oxygens (including phenoxy) is 1. The van der Waals surface area contributed by atoms with Crippen molar-refractivity contribution in [2.45, 2.75) is 44.4 Å². The second kappa shape index (κ2) is 7.85. The van der Waals surface area contributed by atoms with Crippen molar-refractivity contribution in [3.63, 3.8) is 0 Å². The van der Waals surface area contributed by atoms with Crippen LogP contribution >= 0.6 is 11.8 Å². The average molecular weight is 307 g/mol. The summed E-state index contributed by atoms with van der Waals surface area (Å²) in [6.45, 7) is 7.65. The van der Waals surface area contributed by atoms with Gasteiger partial charge in [-0.1, -0.05) is 38.1 Å². The van der Waals surface area contributed by atoms with Crippen LogP contribution in [0.4, 0.5) is 0 Å². The highest BCUT2D eigenvalue weighted by Crippen LogP contribution is 2.42. The molecule has 0 saturated heterocycles. The summed E-state index contributed by atoms with van der Waals surface area (Å²) >= 11 is 1.72. The van der Waals surface area contributed by atoms with Gasteiger partial charge in [0, 0.05) is 11.3 Å². The van der Waals surface area contributed by atoms with Crippen molar-refractivity contribution >= 4 is 17.7 Å². The first-order valence-corrected chi connectivity index (χ1v) is 8.81. The highest BCUT2D eigenvalue weighted by Gasteiger charge is 2.33. The molecule has 3 unspecified atom stereocenters. The summed E-state index contributed by atoms with van der Waals surface area (Å²) in [4.78, 5) is 11.6. The number of fused-ring (bicyclic) bond motifs is 1. The van der Waals surface area contributed by atoms with Gasteiger partial charge in [0.15, 0.2) is 0 Å². The van der Waals surface area contributed by atoms with Crippen molar-refractivity contribution in [2.24, 2.45) is 0 Å². The van der Waals surface area contributed by atoms with E-state index in [4.69, 9.17) is 4.74 Å². The van der Waals surface area contributed by atoms with Crippen LogP contribution in [-0.2, 0) is 9.53 Å². The molecule has 0 spiro atoms. The van der Waals surface area contributed by atoms with Crippen LogP contribution in [0, 0.1) is 0 Å². The van der Waals surface area contributed by atoms with E-state index in [2.05, 4.69) is 43.4 Å². The van der Waals surface area contributed by atoms with Gasteiger partial charge in [0.2, 0.25) is 0 Å². The minimum absolute atomic E-state index is 0.107. The highest BCUT2D eigenvalue weighted by atomic mass is 32.2. The summed E-state index contributed by atoms with van der Waals surface area (Å²) in [6, 6.07) is 8.99. The number of nitrogens with one attached hydrogen (secondary N) is 1. The molecule has 0 amide bonds. The molecule has 1 aromatic carbocycles. The Morgan fingerprint density at radius 2 is 2.05 bits per heavy atom. The van der Waals surface area contributed by atoms with Gasteiger partial charge in [-0.15, -0.1) is 11.8 Å². The molecule has 0 radical (unpaired) electrons. The van der Waals surface area contributed by atoms with Crippen LogP contribution in [0.25, 0.3) is 0 Å². The van der Waals surface area contributed by atoms with Crippen LogP contribution in [0.1, 0.15) is 50.3 Å². The summed E-state index contributed by atoms with van der Waals surface area (Å²) in [6.07, 6.45) is 1.10. The van der Waals surface area contributed by atoms with Crippen molar-refractivity contribution in [3.05, 3.63) is 35.4 Å². The van der Waals surface area contributed by atoms with Gasteiger partial charge in [-0.2, -0.15) is 0 Å². The first-order chi connectivity index (χ1) is 10.2. The van der Waals surface area contributed by atoms with Crippen LogP contribution in [0.3, 0.4) is 0 Å². The van der Waals surface area contributed by atoms with Crippen LogP contribution in [-0.4, -0.2) is 30.1 Å². The molecule has 0 aliphatic heterocycles. The van der Waals surface area contributed by atoms with Gasteiger partial charge in [-0.25, -0.2) is 0 Å². The molecule has 2 rings (SSSR count). The molecule has 3 nitrogen and oxygen atoms in total. The topological polar surface area (TPSA) is 38.3 Å². The summed E-state index contributed by atoms with van der Waals surface area (Å²) in [5.74, 6) is 0.870. The Hall–Kier alpha value is -1.00. The number of rotatable bonds is 6.